The number of azo groups is 2. The van der Waals surface area contributed by atoms with Gasteiger partial charge >= 0.3 is 11.9 Å². The van der Waals surface area contributed by atoms with Crippen LogP contribution in [-0.2, 0) is 10.1 Å². The molecule has 0 saturated carbocycles. The number of carbonyl (C=O) groups is 2. The van der Waals surface area contributed by atoms with E-state index < -0.39 is 38.3 Å². The number of hydrogen-bond acceptors (Lipinski definition) is 10. The molecule has 14 heteroatoms. The maximum Gasteiger partial charge on any atom is 0.337 e. The van der Waals surface area contributed by atoms with Crippen LogP contribution in [0.15, 0.2) is 79.9 Å². The Morgan fingerprint density at radius 2 is 1.44 bits per heavy atom. The first-order valence-electron chi connectivity index (χ1n) is 9.17. The average molecular weight is 484 g/mol. The van der Waals surface area contributed by atoms with E-state index in [4.69, 9.17) is 16.6 Å². The van der Waals surface area contributed by atoms with Gasteiger partial charge in [0.15, 0.2) is 0 Å². The van der Waals surface area contributed by atoms with Crippen molar-refractivity contribution in [3.05, 3.63) is 65.7 Å². The number of nitrogens with two attached hydrogens (primary N) is 2. The fraction of sp³-hybridized carbons (Fsp3) is 0. The third-order valence-electron chi connectivity index (χ3n) is 4.36. The summed E-state index contributed by atoms with van der Waals surface area (Å²) < 4.78 is 33.2. The molecule has 0 unspecified atom stereocenters. The molecule has 0 fully saturated rings. The number of aromatic carboxylic acids is 2. The zero-order valence-electron chi connectivity index (χ0n) is 17.0. The number of carboxylic acid groups (broad SMARTS) is 2. The number of rotatable bonds is 7. The van der Waals surface area contributed by atoms with Crippen LogP contribution in [0.4, 0.5) is 34.1 Å². The Bertz CT molecular complexity index is 1470. The van der Waals surface area contributed by atoms with Crippen LogP contribution in [-0.4, -0.2) is 35.1 Å². The Labute approximate surface area is 191 Å². The van der Waals surface area contributed by atoms with Gasteiger partial charge in [-0.15, -0.1) is 15.3 Å². The highest BCUT2D eigenvalue weighted by atomic mass is 32.2. The van der Waals surface area contributed by atoms with Crippen LogP contribution < -0.4 is 11.5 Å². The number of carboxylic acids is 2. The van der Waals surface area contributed by atoms with E-state index in [1.807, 2.05) is 0 Å². The lowest BCUT2D eigenvalue weighted by Gasteiger charge is -2.10. The Morgan fingerprint density at radius 1 is 0.765 bits per heavy atom. The molecule has 0 aliphatic rings. The molecule has 0 aromatic heterocycles. The molecule has 0 radical (unpaired) electrons. The van der Waals surface area contributed by atoms with Crippen LogP contribution in [0.3, 0.4) is 0 Å². The van der Waals surface area contributed by atoms with Crippen LogP contribution in [0.5, 0.6) is 0 Å². The molecule has 3 aromatic rings. The number of anilines is 2. The highest BCUT2D eigenvalue weighted by Crippen LogP contribution is 2.43. The molecular formula is C20H16N6O7S. The summed E-state index contributed by atoms with van der Waals surface area (Å²) in [7, 11) is -4.86. The van der Waals surface area contributed by atoms with E-state index in [2.05, 4.69) is 20.5 Å². The van der Waals surface area contributed by atoms with E-state index in [1.54, 1.807) is 0 Å². The van der Waals surface area contributed by atoms with Gasteiger partial charge in [0.1, 0.15) is 22.0 Å². The zero-order chi connectivity index (χ0) is 25.0. The largest absolute Gasteiger partial charge is 0.478 e. The van der Waals surface area contributed by atoms with Gasteiger partial charge in [-0.25, -0.2) is 9.59 Å². The van der Waals surface area contributed by atoms with Gasteiger partial charge in [-0.05, 0) is 36.4 Å². The van der Waals surface area contributed by atoms with Gasteiger partial charge in [-0.1, -0.05) is 18.2 Å². The fourth-order valence-corrected chi connectivity index (χ4v) is 3.36. The van der Waals surface area contributed by atoms with Gasteiger partial charge in [-0.3, -0.25) is 4.55 Å². The maximum absolute atomic E-state index is 11.8. The van der Waals surface area contributed by atoms with Crippen molar-refractivity contribution in [2.24, 2.45) is 20.5 Å². The normalized spacial score (nSPS) is 11.8. The van der Waals surface area contributed by atoms with Crippen molar-refractivity contribution in [1.29, 1.82) is 0 Å². The van der Waals surface area contributed by atoms with Crippen molar-refractivity contribution in [3.63, 3.8) is 0 Å². The third-order valence-corrected chi connectivity index (χ3v) is 5.25. The van der Waals surface area contributed by atoms with Crippen LogP contribution in [0.25, 0.3) is 0 Å². The molecule has 174 valence electrons. The molecule has 0 amide bonds. The summed E-state index contributed by atoms with van der Waals surface area (Å²) >= 11 is 0. The predicted molar refractivity (Wildman–Crippen MR) is 120 cm³/mol. The molecule has 3 rings (SSSR count). The van der Waals surface area contributed by atoms with E-state index in [1.165, 1.54) is 48.5 Å². The zero-order valence-corrected chi connectivity index (χ0v) is 17.8. The predicted octanol–water partition coefficient (Wildman–Crippen LogP) is 4.32. The smallest absolute Gasteiger partial charge is 0.337 e. The van der Waals surface area contributed by atoms with Crippen molar-refractivity contribution in [1.82, 2.24) is 0 Å². The van der Waals surface area contributed by atoms with E-state index in [0.29, 0.717) is 0 Å². The molecule has 7 N–H and O–H groups in total. The molecular weight excluding hydrogens is 468 g/mol. The molecule has 0 aliphatic heterocycles. The van der Waals surface area contributed by atoms with Crippen molar-refractivity contribution in [3.8, 4) is 0 Å². The molecule has 0 aliphatic carbocycles. The SMILES string of the molecule is Nc1c(/N=N/c2cccc(C(=O)O)c2)cc(S(=O)(=O)O)c(N)c1/N=N/c1ccccc1C(=O)O. The van der Waals surface area contributed by atoms with Crippen molar-refractivity contribution in [2.45, 2.75) is 4.90 Å². The molecule has 3 aromatic carbocycles. The lowest BCUT2D eigenvalue weighted by atomic mass is 10.2. The number of benzene rings is 3. The summed E-state index contributed by atoms with van der Waals surface area (Å²) in [5, 5.41) is 33.6. The molecule has 0 saturated heterocycles. The second-order valence-corrected chi connectivity index (χ2v) is 8.01. The first kappa shape index (κ1) is 24.0. The fourth-order valence-electron chi connectivity index (χ4n) is 2.72. The van der Waals surface area contributed by atoms with E-state index in [9.17, 15) is 27.7 Å². The molecule has 0 atom stereocenters. The topological polar surface area (TPSA) is 230 Å². The minimum Gasteiger partial charge on any atom is -0.478 e. The lowest BCUT2D eigenvalue weighted by molar-refractivity contribution is 0.0686. The molecule has 34 heavy (non-hydrogen) atoms. The second-order valence-electron chi connectivity index (χ2n) is 6.62. The van der Waals surface area contributed by atoms with E-state index in [-0.39, 0.29) is 33.9 Å². The van der Waals surface area contributed by atoms with Gasteiger partial charge < -0.3 is 21.7 Å². The monoisotopic (exact) mass is 484 g/mol. The minimum atomic E-state index is -4.86. The quantitative estimate of drug-likeness (QED) is 0.182. The summed E-state index contributed by atoms with van der Waals surface area (Å²) in [6, 6.07) is 11.9. The summed E-state index contributed by atoms with van der Waals surface area (Å²) in [5.41, 5.74) is 10.1. The van der Waals surface area contributed by atoms with Crippen molar-refractivity contribution in [2.75, 3.05) is 11.5 Å². The number of nitrogens with zero attached hydrogens (tertiary/aromatic N) is 4. The summed E-state index contributed by atoms with van der Waals surface area (Å²) in [4.78, 5) is 21.7. The van der Waals surface area contributed by atoms with Gasteiger partial charge in [0.2, 0.25) is 0 Å². The van der Waals surface area contributed by atoms with Crippen molar-refractivity contribution >= 4 is 56.2 Å². The Morgan fingerprint density at radius 3 is 2.09 bits per heavy atom. The standard InChI is InChI=1S/C20H16N6O7S/c21-16-14(25-23-11-5-3-4-10(8-11)19(27)28)9-15(34(31,32)33)17(22)18(16)26-24-13-7-2-1-6-12(13)20(29)30/h1-9H,21-22H2,(H,27,28)(H,29,30)(H,31,32,33)/b25-23+,26-24+. The second kappa shape index (κ2) is 9.43. The summed E-state index contributed by atoms with van der Waals surface area (Å²) in [6.07, 6.45) is 0. The number of hydrogen-bond donors (Lipinski definition) is 5. The average Bonchev–Trinajstić information content (AvgIpc) is 2.78. The van der Waals surface area contributed by atoms with Gasteiger partial charge in [-0.2, -0.15) is 13.5 Å². The third kappa shape index (κ3) is 5.20. The molecule has 0 bridgehead atoms. The maximum atomic E-state index is 11.8. The van der Waals surface area contributed by atoms with Crippen LogP contribution >= 0.6 is 0 Å². The highest BCUT2D eigenvalue weighted by Gasteiger charge is 2.22. The first-order chi connectivity index (χ1) is 16.0. The van der Waals surface area contributed by atoms with Crippen LogP contribution in [0.2, 0.25) is 0 Å². The van der Waals surface area contributed by atoms with E-state index in [0.717, 1.165) is 6.07 Å². The molecule has 13 nitrogen and oxygen atoms in total. The Hall–Kier alpha value is -4.69. The van der Waals surface area contributed by atoms with E-state index >= 15 is 0 Å². The summed E-state index contributed by atoms with van der Waals surface area (Å²) in [6.45, 7) is 0. The van der Waals surface area contributed by atoms with Gasteiger partial charge in [0.05, 0.1) is 28.2 Å². The first-order valence-corrected chi connectivity index (χ1v) is 10.6. The van der Waals surface area contributed by atoms with Crippen LogP contribution in [0.1, 0.15) is 20.7 Å². The number of nitrogen functional groups attached to an aromatic ring is 2. The highest BCUT2D eigenvalue weighted by molar-refractivity contribution is 7.86. The van der Waals surface area contributed by atoms with Gasteiger partial charge in [0.25, 0.3) is 10.1 Å². The molecule has 0 heterocycles. The van der Waals surface area contributed by atoms with Gasteiger partial charge in [0, 0.05) is 0 Å². The summed E-state index contributed by atoms with van der Waals surface area (Å²) in [5.74, 6) is -2.47. The van der Waals surface area contributed by atoms with Crippen LogP contribution in [0, 0.1) is 0 Å². The molecule has 0 spiro atoms. The van der Waals surface area contributed by atoms with Crippen molar-refractivity contribution < 1.29 is 32.8 Å². The minimum absolute atomic E-state index is 0.0630. The lowest BCUT2D eigenvalue weighted by Crippen LogP contribution is -2.05. The Kier molecular flexibility index (Phi) is 6.65. The Balaban J connectivity index is 2.14.